The Labute approximate surface area is 140 Å². The molecule has 1 aliphatic carbocycles. The van der Waals surface area contributed by atoms with Crippen molar-refractivity contribution in [2.24, 2.45) is 0 Å². The number of carbonyl (C=O) groups is 1. The summed E-state index contributed by atoms with van der Waals surface area (Å²) in [5.41, 5.74) is 1.25. The molecule has 2 aromatic rings. The summed E-state index contributed by atoms with van der Waals surface area (Å²) in [6, 6.07) is 5.82. The minimum Gasteiger partial charge on any atom is -0.380 e. The van der Waals surface area contributed by atoms with E-state index in [1.54, 1.807) is 23.0 Å². The van der Waals surface area contributed by atoms with E-state index in [9.17, 15) is 14.3 Å². The van der Waals surface area contributed by atoms with Crippen LogP contribution in [0.3, 0.4) is 0 Å². The minimum atomic E-state index is -1.24. The third-order valence-corrected chi connectivity index (χ3v) is 4.79. The van der Waals surface area contributed by atoms with Gasteiger partial charge >= 0.3 is 0 Å². The van der Waals surface area contributed by atoms with Crippen molar-refractivity contribution >= 4 is 5.91 Å². The maximum Gasteiger partial charge on any atom is 0.252 e. The molecule has 0 bridgehead atoms. The summed E-state index contributed by atoms with van der Waals surface area (Å²) in [5.74, 6) is -0.615. The van der Waals surface area contributed by atoms with E-state index in [4.69, 9.17) is 0 Å². The van der Waals surface area contributed by atoms with E-state index in [-0.39, 0.29) is 17.8 Å². The molecule has 1 amide bonds. The summed E-state index contributed by atoms with van der Waals surface area (Å²) in [5, 5.41) is 17.6. The molecule has 0 radical (unpaired) electrons. The molecule has 1 aromatic carbocycles. The van der Waals surface area contributed by atoms with Gasteiger partial charge in [0.25, 0.3) is 5.91 Å². The summed E-state index contributed by atoms with van der Waals surface area (Å²) >= 11 is 0. The fraction of sp³-hybridized carbons (Fsp3) is 0.444. The van der Waals surface area contributed by atoms with Gasteiger partial charge in [0.05, 0.1) is 17.9 Å². The standard InChI is InChI=1S/C18H22FN3O2/c1-12(21-17(23)18(24)9-3-4-10-18)16-11-20-22(13(16)2)15-7-5-14(19)6-8-15/h5-8,11-12,24H,3-4,9-10H2,1-2H3,(H,21,23). The lowest BCUT2D eigenvalue weighted by atomic mass is 10.00. The maximum absolute atomic E-state index is 13.1. The van der Waals surface area contributed by atoms with Crippen molar-refractivity contribution in [1.82, 2.24) is 15.1 Å². The Morgan fingerprint density at radius 2 is 1.96 bits per heavy atom. The number of carbonyl (C=O) groups excluding carboxylic acids is 1. The van der Waals surface area contributed by atoms with Crippen molar-refractivity contribution in [2.75, 3.05) is 0 Å². The fourth-order valence-corrected chi connectivity index (χ4v) is 3.29. The highest BCUT2D eigenvalue weighted by molar-refractivity contribution is 5.85. The smallest absolute Gasteiger partial charge is 0.252 e. The highest BCUT2D eigenvalue weighted by Crippen LogP contribution is 2.30. The predicted octanol–water partition coefficient (Wildman–Crippen LogP) is 2.80. The predicted molar refractivity (Wildman–Crippen MR) is 88.2 cm³/mol. The van der Waals surface area contributed by atoms with Gasteiger partial charge in [-0.3, -0.25) is 4.79 Å². The molecule has 24 heavy (non-hydrogen) atoms. The average molecular weight is 331 g/mol. The van der Waals surface area contributed by atoms with Gasteiger partial charge in [-0.25, -0.2) is 9.07 Å². The zero-order chi connectivity index (χ0) is 17.3. The van der Waals surface area contributed by atoms with Crippen molar-refractivity contribution < 1.29 is 14.3 Å². The summed E-state index contributed by atoms with van der Waals surface area (Å²) in [7, 11) is 0. The SMILES string of the molecule is Cc1c(C(C)NC(=O)C2(O)CCCC2)cnn1-c1ccc(F)cc1. The topological polar surface area (TPSA) is 67.2 Å². The van der Waals surface area contributed by atoms with Gasteiger partial charge in [0.2, 0.25) is 0 Å². The molecule has 0 saturated heterocycles. The third-order valence-electron chi connectivity index (χ3n) is 4.79. The first-order valence-corrected chi connectivity index (χ1v) is 8.24. The van der Waals surface area contributed by atoms with Crippen LogP contribution in [-0.2, 0) is 4.79 Å². The first kappa shape index (κ1) is 16.6. The summed E-state index contributed by atoms with van der Waals surface area (Å²) in [4.78, 5) is 12.3. The van der Waals surface area contributed by atoms with Gasteiger partial charge in [0.1, 0.15) is 11.4 Å². The van der Waals surface area contributed by atoms with Crippen molar-refractivity contribution in [3.63, 3.8) is 0 Å². The molecule has 1 saturated carbocycles. The van der Waals surface area contributed by atoms with Crippen LogP contribution >= 0.6 is 0 Å². The molecule has 2 N–H and O–H groups in total. The molecule has 0 spiro atoms. The Bertz CT molecular complexity index is 733. The molecule has 0 aliphatic heterocycles. The van der Waals surface area contributed by atoms with Crippen LogP contribution in [0.2, 0.25) is 0 Å². The van der Waals surface area contributed by atoms with Crippen LogP contribution in [0.15, 0.2) is 30.5 Å². The lowest BCUT2D eigenvalue weighted by molar-refractivity contribution is -0.139. The zero-order valence-electron chi connectivity index (χ0n) is 13.9. The molecule has 1 atom stereocenters. The molecule has 6 heteroatoms. The van der Waals surface area contributed by atoms with E-state index in [0.717, 1.165) is 29.8 Å². The second-order valence-corrected chi connectivity index (χ2v) is 6.51. The number of hydrogen-bond donors (Lipinski definition) is 2. The van der Waals surface area contributed by atoms with Crippen molar-refractivity contribution in [3.05, 3.63) is 47.5 Å². The van der Waals surface area contributed by atoms with E-state index < -0.39 is 5.60 Å². The van der Waals surface area contributed by atoms with Crippen LogP contribution in [0.4, 0.5) is 4.39 Å². The molecule has 5 nitrogen and oxygen atoms in total. The normalized spacial score (nSPS) is 17.7. The van der Waals surface area contributed by atoms with Crippen molar-refractivity contribution in [3.8, 4) is 5.69 Å². The van der Waals surface area contributed by atoms with Crippen molar-refractivity contribution in [2.45, 2.75) is 51.2 Å². The van der Waals surface area contributed by atoms with E-state index in [1.807, 2.05) is 13.8 Å². The molecule has 3 rings (SSSR count). The monoisotopic (exact) mass is 331 g/mol. The number of amides is 1. The van der Waals surface area contributed by atoms with E-state index >= 15 is 0 Å². The van der Waals surface area contributed by atoms with E-state index in [2.05, 4.69) is 10.4 Å². The Morgan fingerprint density at radius 3 is 2.58 bits per heavy atom. The first-order valence-electron chi connectivity index (χ1n) is 8.24. The zero-order valence-corrected chi connectivity index (χ0v) is 13.9. The summed E-state index contributed by atoms with van der Waals surface area (Å²) < 4.78 is 14.8. The van der Waals surface area contributed by atoms with Gasteiger partial charge in [-0.05, 0) is 63.8 Å². The Hall–Kier alpha value is -2.21. The number of benzene rings is 1. The number of hydrogen-bond acceptors (Lipinski definition) is 3. The Morgan fingerprint density at radius 1 is 1.33 bits per heavy atom. The van der Waals surface area contributed by atoms with Gasteiger partial charge in [-0.2, -0.15) is 5.10 Å². The van der Waals surface area contributed by atoms with Crippen LogP contribution in [0.1, 0.15) is 49.9 Å². The molecular weight excluding hydrogens is 309 g/mol. The van der Waals surface area contributed by atoms with Gasteiger partial charge < -0.3 is 10.4 Å². The largest absolute Gasteiger partial charge is 0.380 e. The van der Waals surface area contributed by atoms with Crippen molar-refractivity contribution in [1.29, 1.82) is 0 Å². The van der Waals surface area contributed by atoms with Crippen LogP contribution in [0.25, 0.3) is 5.69 Å². The number of rotatable bonds is 4. The van der Waals surface area contributed by atoms with Gasteiger partial charge in [0, 0.05) is 11.3 Å². The van der Waals surface area contributed by atoms with Crippen LogP contribution in [0.5, 0.6) is 0 Å². The molecular formula is C18H22FN3O2. The second kappa shape index (κ2) is 6.36. The number of nitrogens with one attached hydrogen (secondary N) is 1. The van der Waals surface area contributed by atoms with Gasteiger partial charge in [-0.1, -0.05) is 0 Å². The molecule has 1 aliphatic rings. The highest BCUT2D eigenvalue weighted by atomic mass is 19.1. The molecule has 1 heterocycles. The van der Waals surface area contributed by atoms with Crippen LogP contribution < -0.4 is 5.32 Å². The molecule has 1 fully saturated rings. The molecule has 1 unspecified atom stereocenters. The highest BCUT2D eigenvalue weighted by Gasteiger charge is 2.39. The van der Waals surface area contributed by atoms with Gasteiger partial charge in [0.15, 0.2) is 0 Å². The first-order chi connectivity index (χ1) is 11.4. The maximum atomic E-state index is 13.1. The lowest BCUT2D eigenvalue weighted by Gasteiger charge is -2.24. The number of nitrogens with zero attached hydrogens (tertiary/aromatic N) is 2. The molecule has 1 aromatic heterocycles. The average Bonchev–Trinajstić information content (AvgIpc) is 3.15. The number of halogens is 1. The van der Waals surface area contributed by atoms with Gasteiger partial charge in [-0.15, -0.1) is 0 Å². The van der Waals surface area contributed by atoms with E-state index in [1.165, 1.54) is 12.1 Å². The Kier molecular flexibility index (Phi) is 4.41. The summed E-state index contributed by atoms with van der Waals surface area (Å²) in [6.07, 6.45) is 4.47. The fourth-order valence-electron chi connectivity index (χ4n) is 3.29. The quantitative estimate of drug-likeness (QED) is 0.905. The number of aromatic nitrogens is 2. The third kappa shape index (κ3) is 3.06. The number of aliphatic hydroxyl groups is 1. The van der Waals surface area contributed by atoms with Crippen LogP contribution in [0, 0.1) is 12.7 Å². The lowest BCUT2D eigenvalue weighted by Crippen LogP contribution is -2.45. The second-order valence-electron chi connectivity index (χ2n) is 6.51. The van der Waals surface area contributed by atoms with Crippen LogP contribution in [-0.4, -0.2) is 26.4 Å². The Balaban J connectivity index is 1.77. The summed E-state index contributed by atoms with van der Waals surface area (Å²) in [6.45, 7) is 3.77. The van der Waals surface area contributed by atoms with E-state index in [0.29, 0.717) is 12.8 Å². The molecule has 128 valence electrons. The minimum absolute atomic E-state index is 0.267.